The van der Waals surface area contributed by atoms with Gasteiger partial charge in [-0.1, -0.05) is 48.5 Å². The molecule has 5 heteroatoms. The fraction of sp³-hybridized carbons (Fsp3) is 0.0952. The van der Waals surface area contributed by atoms with E-state index in [2.05, 4.69) is 10.1 Å². The first-order valence-corrected chi connectivity index (χ1v) is 8.35. The Balaban J connectivity index is 1.75. The third-order valence-corrected chi connectivity index (χ3v) is 4.40. The maximum Gasteiger partial charge on any atom is 0.277 e. The molecule has 0 radical (unpaired) electrons. The molecule has 1 aliphatic heterocycles. The Bertz CT molecular complexity index is 957. The molecule has 1 atom stereocenters. The number of halogens is 1. The Labute approximate surface area is 150 Å². The standard InChI is InChI=1S/C21H16FN3O/c22-18-11-5-4-10-17(18)21(26)25-20(15-7-2-1-3-8-15)13-19(24-25)16-9-6-12-23-14-16/h1-12,14,20H,13H2. The molecule has 0 saturated carbocycles. The van der Waals surface area contributed by atoms with Crippen LogP contribution in [0.3, 0.4) is 0 Å². The summed E-state index contributed by atoms with van der Waals surface area (Å²) in [7, 11) is 0. The molecule has 2 heterocycles. The molecule has 1 amide bonds. The molecule has 1 aliphatic rings. The van der Waals surface area contributed by atoms with E-state index < -0.39 is 11.7 Å². The van der Waals surface area contributed by atoms with Crippen molar-refractivity contribution < 1.29 is 9.18 Å². The summed E-state index contributed by atoms with van der Waals surface area (Å²) in [6, 6.07) is 19.1. The normalized spacial score (nSPS) is 16.4. The number of hydrogen-bond donors (Lipinski definition) is 0. The van der Waals surface area contributed by atoms with E-state index in [4.69, 9.17) is 0 Å². The van der Waals surface area contributed by atoms with E-state index in [9.17, 15) is 9.18 Å². The number of hydrazone groups is 1. The predicted octanol–water partition coefficient (Wildman–Crippen LogP) is 4.21. The van der Waals surface area contributed by atoms with Gasteiger partial charge in [0, 0.05) is 24.4 Å². The van der Waals surface area contributed by atoms with Crippen molar-refractivity contribution in [3.8, 4) is 0 Å². The van der Waals surface area contributed by atoms with Crippen molar-refractivity contribution in [3.05, 3.63) is 102 Å². The molecule has 0 N–H and O–H groups in total. The van der Waals surface area contributed by atoms with Crippen LogP contribution < -0.4 is 0 Å². The minimum Gasteiger partial charge on any atom is -0.267 e. The molecule has 0 fully saturated rings. The lowest BCUT2D eigenvalue weighted by Crippen LogP contribution is -2.27. The summed E-state index contributed by atoms with van der Waals surface area (Å²) in [5, 5.41) is 5.91. The molecular formula is C21H16FN3O. The van der Waals surface area contributed by atoms with Gasteiger partial charge in [-0.3, -0.25) is 9.78 Å². The number of carbonyl (C=O) groups is 1. The number of amides is 1. The maximum atomic E-state index is 14.1. The number of carbonyl (C=O) groups excluding carboxylic acids is 1. The van der Waals surface area contributed by atoms with Crippen LogP contribution in [0.5, 0.6) is 0 Å². The first kappa shape index (κ1) is 16.1. The van der Waals surface area contributed by atoms with Gasteiger partial charge < -0.3 is 0 Å². The molecule has 128 valence electrons. The second-order valence-corrected chi connectivity index (χ2v) is 6.05. The average molecular weight is 345 g/mol. The van der Waals surface area contributed by atoms with Gasteiger partial charge >= 0.3 is 0 Å². The SMILES string of the molecule is O=C(c1ccccc1F)N1N=C(c2cccnc2)CC1c1ccccc1. The smallest absolute Gasteiger partial charge is 0.267 e. The van der Waals surface area contributed by atoms with Gasteiger partial charge in [-0.15, -0.1) is 0 Å². The lowest BCUT2D eigenvalue weighted by Gasteiger charge is -2.22. The second kappa shape index (κ2) is 6.88. The fourth-order valence-corrected chi connectivity index (χ4v) is 3.10. The molecule has 0 saturated heterocycles. The monoisotopic (exact) mass is 345 g/mol. The lowest BCUT2D eigenvalue weighted by molar-refractivity contribution is 0.0706. The number of benzene rings is 2. The highest BCUT2D eigenvalue weighted by Gasteiger charge is 2.34. The van der Waals surface area contributed by atoms with Crippen molar-refractivity contribution in [2.24, 2.45) is 5.10 Å². The van der Waals surface area contributed by atoms with E-state index >= 15 is 0 Å². The Morgan fingerprint density at radius 1 is 1.00 bits per heavy atom. The van der Waals surface area contributed by atoms with Crippen LogP contribution in [0.25, 0.3) is 0 Å². The molecule has 1 aromatic heterocycles. The quantitative estimate of drug-likeness (QED) is 0.714. The van der Waals surface area contributed by atoms with E-state index in [1.165, 1.54) is 17.1 Å². The van der Waals surface area contributed by atoms with Gasteiger partial charge in [-0.2, -0.15) is 5.10 Å². The van der Waals surface area contributed by atoms with E-state index in [1.54, 1.807) is 24.5 Å². The fourth-order valence-electron chi connectivity index (χ4n) is 3.10. The van der Waals surface area contributed by atoms with Crippen LogP contribution in [0.15, 0.2) is 84.2 Å². The van der Waals surface area contributed by atoms with Crippen molar-refractivity contribution in [2.75, 3.05) is 0 Å². The lowest BCUT2D eigenvalue weighted by atomic mass is 9.99. The largest absolute Gasteiger partial charge is 0.277 e. The third-order valence-electron chi connectivity index (χ3n) is 4.40. The molecule has 1 unspecified atom stereocenters. The minimum absolute atomic E-state index is 0.0182. The number of rotatable bonds is 3. The Kier molecular flexibility index (Phi) is 4.27. The topological polar surface area (TPSA) is 45.6 Å². The summed E-state index contributed by atoms with van der Waals surface area (Å²) >= 11 is 0. The molecule has 0 spiro atoms. The molecule has 0 bridgehead atoms. The molecule has 26 heavy (non-hydrogen) atoms. The Morgan fingerprint density at radius 2 is 1.77 bits per heavy atom. The van der Waals surface area contributed by atoms with Crippen LogP contribution in [0.1, 0.15) is 33.9 Å². The van der Waals surface area contributed by atoms with Gasteiger partial charge in [0.25, 0.3) is 5.91 Å². The third kappa shape index (κ3) is 2.99. The highest BCUT2D eigenvalue weighted by Crippen LogP contribution is 2.34. The van der Waals surface area contributed by atoms with E-state index in [1.807, 2.05) is 42.5 Å². The van der Waals surface area contributed by atoms with Gasteiger partial charge in [0.15, 0.2) is 0 Å². The van der Waals surface area contributed by atoms with E-state index in [0.717, 1.165) is 16.8 Å². The molecule has 4 rings (SSSR count). The zero-order chi connectivity index (χ0) is 17.9. The van der Waals surface area contributed by atoms with Gasteiger partial charge in [0.05, 0.1) is 17.3 Å². The number of aromatic nitrogens is 1. The van der Waals surface area contributed by atoms with Gasteiger partial charge in [-0.05, 0) is 23.8 Å². The van der Waals surface area contributed by atoms with Gasteiger partial charge in [0.2, 0.25) is 0 Å². The van der Waals surface area contributed by atoms with E-state index in [0.29, 0.717) is 6.42 Å². The van der Waals surface area contributed by atoms with Crippen LogP contribution in [-0.4, -0.2) is 21.6 Å². The summed E-state index contributed by atoms with van der Waals surface area (Å²) in [5.74, 6) is -0.995. The van der Waals surface area contributed by atoms with Crippen LogP contribution in [-0.2, 0) is 0 Å². The average Bonchev–Trinajstić information content (AvgIpc) is 3.15. The number of hydrogen-bond acceptors (Lipinski definition) is 3. The maximum absolute atomic E-state index is 14.1. The zero-order valence-electron chi connectivity index (χ0n) is 13.9. The van der Waals surface area contributed by atoms with Crippen LogP contribution >= 0.6 is 0 Å². The first-order valence-electron chi connectivity index (χ1n) is 8.35. The summed E-state index contributed by atoms with van der Waals surface area (Å²) in [5.41, 5.74) is 2.60. The van der Waals surface area contributed by atoms with Gasteiger partial charge in [-0.25, -0.2) is 9.40 Å². The molecule has 3 aromatic rings. The molecular weight excluding hydrogens is 329 g/mol. The van der Waals surface area contributed by atoms with Crippen molar-refractivity contribution in [2.45, 2.75) is 12.5 Å². The van der Waals surface area contributed by atoms with Crippen molar-refractivity contribution in [3.63, 3.8) is 0 Å². The summed E-state index contributed by atoms with van der Waals surface area (Å²) in [4.78, 5) is 17.1. The second-order valence-electron chi connectivity index (χ2n) is 6.05. The number of pyridine rings is 1. The van der Waals surface area contributed by atoms with Crippen LogP contribution in [0, 0.1) is 5.82 Å². The van der Waals surface area contributed by atoms with Gasteiger partial charge in [0.1, 0.15) is 5.82 Å². The summed E-state index contributed by atoms with van der Waals surface area (Å²) in [6.07, 6.45) is 3.96. The molecule has 0 aliphatic carbocycles. The van der Waals surface area contributed by atoms with Crippen molar-refractivity contribution in [1.29, 1.82) is 0 Å². The molecule has 2 aromatic carbocycles. The summed E-state index contributed by atoms with van der Waals surface area (Å²) in [6.45, 7) is 0. The minimum atomic E-state index is -0.547. The molecule has 4 nitrogen and oxygen atoms in total. The van der Waals surface area contributed by atoms with Crippen LogP contribution in [0.2, 0.25) is 0 Å². The van der Waals surface area contributed by atoms with Crippen LogP contribution in [0.4, 0.5) is 4.39 Å². The Hall–Kier alpha value is -3.34. The van der Waals surface area contributed by atoms with Crippen molar-refractivity contribution in [1.82, 2.24) is 9.99 Å². The van der Waals surface area contributed by atoms with Crippen molar-refractivity contribution >= 4 is 11.6 Å². The summed E-state index contributed by atoms with van der Waals surface area (Å²) < 4.78 is 14.1. The number of nitrogens with zero attached hydrogens (tertiary/aromatic N) is 3. The first-order chi connectivity index (χ1) is 12.7. The highest BCUT2D eigenvalue weighted by molar-refractivity contribution is 6.04. The predicted molar refractivity (Wildman–Crippen MR) is 97.1 cm³/mol. The highest BCUT2D eigenvalue weighted by atomic mass is 19.1. The Morgan fingerprint density at radius 3 is 2.50 bits per heavy atom. The van der Waals surface area contributed by atoms with E-state index in [-0.39, 0.29) is 11.6 Å². The zero-order valence-corrected chi connectivity index (χ0v) is 13.9.